The molecule has 0 aromatic carbocycles. The second kappa shape index (κ2) is 7.79. The van der Waals surface area contributed by atoms with Crippen molar-refractivity contribution in [1.82, 2.24) is 15.3 Å². The van der Waals surface area contributed by atoms with Crippen molar-refractivity contribution >= 4 is 11.7 Å². The van der Waals surface area contributed by atoms with E-state index in [1.165, 1.54) is 31.7 Å². The Labute approximate surface area is 119 Å². The molecule has 110 valence electrons. The summed E-state index contributed by atoms with van der Waals surface area (Å²) in [6.45, 7) is 1.06. The number of nitrogens with zero attached hydrogens (tertiary/aromatic N) is 2. The third kappa shape index (κ3) is 4.45. The van der Waals surface area contributed by atoms with Crippen LogP contribution in [0.2, 0.25) is 0 Å². The first-order valence-electron chi connectivity index (χ1n) is 7.19. The lowest BCUT2D eigenvalue weighted by atomic mass is 9.98. The van der Waals surface area contributed by atoms with Crippen LogP contribution in [0.5, 0.6) is 0 Å². The van der Waals surface area contributed by atoms with Crippen molar-refractivity contribution in [2.45, 2.75) is 38.2 Å². The summed E-state index contributed by atoms with van der Waals surface area (Å²) in [7, 11) is 1.76. The van der Waals surface area contributed by atoms with Gasteiger partial charge in [0.15, 0.2) is 0 Å². The molecule has 6 nitrogen and oxygen atoms in total. The van der Waals surface area contributed by atoms with Gasteiger partial charge in [0, 0.05) is 13.6 Å². The molecule has 1 amide bonds. The number of hydrogen-bond donors (Lipinski definition) is 2. The fourth-order valence-corrected chi connectivity index (χ4v) is 2.29. The zero-order chi connectivity index (χ0) is 14.2. The number of nitrogens with one attached hydrogen (secondary N) is 2. The van der Waals surface area contributed by atoms with Crippen LogP contribution in [0.25, 0.3) is 0 Å². The molecule has 1 aromatic rings. The van der Waals surface area contributed by atoms with E-state index in [9.17, 15) is 4.79 Å². The molecule has 1 aliphatic carbocycles. The van der Waals surface area contributed by atoms with E-state index in [1.54, 1.807) is 7.05 Å². The van der Waals surface area contributed by atoms with Crippen molar-refractivity contribution in [2.75, 3.05) is 25.5 Å². The van der Waals surface area contributed by atoms with Gasteiger partial charge in [-0.1, -0.05) is 19.3 Å². The fraction of sp³-hybridized carbons (Fsp3) is 0.643. The topological polar surface area (TPSA) is 76.1 Å². The van der Waals surface area contributed by atoms with Crippen LogP contribution in [0.15, 0.2) is 12.4 Å². The van der Waals surface area contributed by atoms with Crippen LogP contribution >= 0.6 is 0 Å². The molecule has 0 aliphatic heterocycles. The Bertz CT molecular complexity index is 416. The van der Waals surface area contributed by atoms with Gasteiger partial charge in [-0.05, 0) is 12.8 Å². The average molecular weight is 278 g/mol. The fourth-order valence-electron chi connectivity index (χ4n) is 2.29. The Kier molecular flexibility index (Phi) is 5.73. The van der Waals surface area contributed by atoms with Crippen LogP contribution in [0.3, 0.4) is 0 Å². The molecule has 1 aromatic heterocycles. The van der Waals surface area contributed by atoms with Gasteiger partial charge >= 0.3 is 0 Å². The summed E-state index contributed by atoms with van der Waals surface area (Å²) in [6.07, 6.45) is 9.48. The van der Waals surface area contributed by atoms with Gasteiger partial charge in [0.05, 0.1) is 25.1 Å². The molecule has 0 saturated heterocycles. The maximum absolute atomic E-state index is 11.8. The van der Waals surface area contributed by atoms with Crippen molar-refractivity contribution in [1.29, 1.82) is 0 Å². The van der Waals surface area contributed by atoms with Crippen molar-refractivity contribution in [3.8, 4) is 0 Å². The zero-order valence-corrected chi connectivity index (χ0v) is 11.9. The first-order valence-corrected chi connectivity index (χ1v) is 7.19. The summed E-state index contributed by atoms with van der Waals surface area (Å²) in [4.78, 5) is 19.9. The van der Waals surface area contributed by atoms with Crippen LogP contribution in [0, 0.1) is 0 Å². The van der Waals surface area contributed by atoms with Gasteiger partial charge in [-0.25, -0.2) is 9.97 Å². The molecule has 1 fully saturated rings. The summed E-state index contributed by atoms with van der Waals surface area (Å²) < 4.78 is 5.74. The summed E-state index contributed by atoms with van der Waals surface area (Å²) in [5.41, 5.74) is 0.321. The lowest BCUT2D eigenvalue weighted by Gasteiger charge is -2.21. The molecule has 0 spiro atoms. The molecule has 0 atom stereocenters. The van der Waals surface area contributed by atoms with E-state index in [1.807, 2.05) is 0 Å². The highest BCUT2D eigenvalue weighted by molar-refractivity contribution is 5.91. The molecule has 2 rings (SSSR count). The molecule has 1 saturated carbocycles. The normalized spacial score (nSPS) is 15.8. The Hall–Kier alpha value is -1.69. The van der Waals surface area contributed by atoms with Gasteiger partial charge in [-0.15, -0.1) is 0 Å². The van der Waals surface area contributed by atoms with E-state index < -0.39 is 0 Å². The molecule has 20 heavy (non-hydrogen) atoms. The molecule has 1 heterocycles. The van der Waals surface area contributed by atoms with Crippen LogP contribution in [-0.4, -0.2) is 42.2 Å². The number of anilines is 1. The van der Waals surface area contributed by atoms with Gasteiger partial charge in [-0.2, -0.15) is 0 Å². The Morgan fingerprint density at radius 3 is 2.75 bits per heavy atom. The minimum atomic E-state index is -0.215. The predicted molar refractivity (Wildman–Crippen MR) is 76.7 cm³/mol. The Morgan fingerprint density at radius 1 is 1.30 bits per heavy atom. The van der Waals surface area contributed by atoms with E-state index in [0.717, 1.165) is 12.8 Å². The van der Waals surface area contributed by atoms with Gasteiger partial charge in [0.1, 0.15) is 11.5 Å². The van der Waals surface area contributed by atoms with E-state index in [2.05, 4.69) is 20.6 Å². The number of amides is 1. The summed E-state index contributed by atoms with van der Waals surface area (Å²) in [5, 5.41) is 5.65. The number of ether oxygens (including phenoxy) is 1. The first kappa shape index (κ1) is 14.7. The lowest BCUT2D eigenvalue weighted by Crippen LogP contribution is -2.30. The number of carbonyl (C=O) groups excluding carboxylic acids is 1. The lowest BCUT2D eigenvalue weighted by molar-refractivity contribution is 0.0299. The number of aromatic nitrogens is 2. The summed E-state index contributed by atoms with van der Waals surface area (Å²) >= 11 is 0. The molecule has 1 aliphatic rings. The van der Waals surface area contributed by atoms with Gasteiger partial charge in [-0.3, -0.25) is 4.79 Å². The highest BCUT2D eigenvalue weighted by Gasteiger charge is 2.13. The smallest absolute Gasteiger partial charge is 0.271 e. The summed E-state index contributed by atoms with van der Waals surface area (Å²) in [5.74, 6) is 0.426. The number of rotatable bonds is 6. The monoisotopic (exact) mass is 278 g/mol. The van der Waals surface area contributed by atoms with Crippen LogP contribution in [-0.2, 0) is 4.74 Å². The second-order valence-electron chi connectivity index (χ2n) is 4.92. The Morgan fingerprint density at radius 2 is 2.10 bits per heavy atom. The zero-order valence-electron chi connectivity index (χ0n) is 11.9. The molecule has 0 radical (unpaired) electrons. The summed E-state index contributed by atoms with van der Waals surface area (Å²) in [6, 6.07) is 0. The van der Waals surface area contributed by atoms with Crippen molar-refractivity contribution in [3.05, 3.63) is 18.1 Å². The van der Waals surface area contributed by atoms with Gasteiger partial charge in [0.2, 0.25) is 0 Å². The third-order valence-electron chi connectivity index (χ3n) is 3.43. The molecule has 0 unspecified atom stereocenters. The molecular formula is C14H22N4O2. The van der Waals surface area contributed by atoms with E-state index in [4.69, 9.17) is 4.74 Å². The second-order valence-corrected chi connectivity index (χ2v) is 4.92. The van der Waals surface area contributed by atoms with E-state index in [-0.39, 0.29) is 5.91 Å². The van der Waals surface area contributed by atoms with E-state index in [0.29, 0.717) is 30.8 Å². The average Bonchev–Trinajstić information content (AvgIpc) is 2.52. The van der Waals surface area contributed by atoms with Crippen molar-refractivity contribution in [3.63, 3.8) is 0 Å². The van der Waals surface area contributed by atoms with Crippen LogP contribution in [0.1, 0.15) is 42.6 Å². The van der Waals surface area contributed by atoms with Crippen LogP contribution in [0.4, 0.5) is 5.82 Å². The molecule has 0 bridgehead atoms. The largest absolute Gasteiger partial charge is 0.376 e. The highest BCUT2D eigenvalue weighted by Crippen LogP contribution is 2.19. The predicted octanol–water partition coefficient (Wildman–Crippen LogP) is 1.60. The molecular weight excluding hydrogens is 256 g/mol. The number of carbonyl (C=O) groups is 1. The maximum atomic E-state index is 11.8. The minimum absolute atomic E-state index is 0.215. The SMILES string of the molecule is CNc1cnc(C(=O)NCCOC2CCCCC2)cn1. The Balaban J connectivity index is 1.66. The van der Waals surface area contributed by atoms with E-state index >= 15 is 0 Å². The third-order valence-corrected chi connectivity index (χ3v) is 3.43. The molecule has 2 N–H and O–H groups in total. The number of hydrogen-bond acceptors (Lipinski definition) is 5. The standard InChI is InChI=1S/C14H22N4O2/c1-15-13-10-17-12(9-18-13)14(19)16-7-8-20-11-5-3-2-4-6-11/h9-11H,2-8H2,1H3,(H,15,18)(H,16,19). The maximum Gasteiger partial charge on any atom is 0.271 e. The molecule has 6 heteroatoms. The van der Waals surface area contributed by atoms with Crippen molar-refractivity contribution < 1.29 is 9.53 Å². The first-order chi connectivity index (χ1) is 9.79. The van der Waals surface area contributed by atoms with Gasteiger partial charge in [0.25, 0.3) is 5.91 Å². The van der Waals surface area contributed by atoms with Crippen LogP contribution < -0.4 is 10.6 Å². The van der Waals surface area contributed by atoms with Crippen molar-refractivity contribution in [2.24, 2.45) is 0 Å². The van der Waals surface area contributed by atoms with Gasteiger partial charge < -0.3 is 15.4 Å². The highest BCUT2D eigenvalue weighted by atomic mass is 16.5. The minimum Gasteiger partial charge on any atom is -0.376 e. The quantitative estimate of drug-likeness (QED) is 0.773.